The van der Waals surface area contributed by atoms with Crippen LogP contribution < -0.4 is 0 Å². The number of pyridine rings is 3. The van der Waals surface area contributed by atoms with Crippen LogP contribution in [0, 0.1) is 55.3 Å². The Morgan fingerprint density at radius 2 is 0.676 bits per heavy atom. The van der Waals surface area contributed by atoms with Crippen molar-refractivity contribution in [1.82, 2.24) is 15.0 Å². The predicted molar refractivity (Wildman–Crippen MR) is 312 cm³/mol. The van der Waals surface area contributed by atoms with Crippen molar-refractivity contribution in [3.05, 3.63) is 99.7 Å². The number of carboxylic acid groups (broad SMARTS) is 3. The summed E-state index contributed by atoms with van der Waals surface area (Å²) in [6.45, 7) is 22.9. The van der Waals surface area contributed by atoms with Gasteiger partial charge in [0, 0.05) is 79.9 Å². The summed E-state index contributed by atoms with van der Waals surface area (Å²) in [4.78, 5) is 40.4. The van der Waals surface area contributed by atoms with Gasteiger partial charge in [-0.05, 0) is 83.2 Å². The SMILES string of the molecule is C1CCC(C2CCCCC2)CC1.C1CCC(C2CCCCC2)CC1.CC(C)(C)C(C)(C)C.PCCP.PCc1ccccn1.[CH2-]CC(=O)O.[CH2-]CC(=O)O.[CH2-]CC(=O)O.[Ni].[Ni].[Ni].c1ccc(-c2ccccn2)nc1. The third kappa shape index (κ3) is 47.8. The molecule has 4 saturated carbocycles. The molecule has 3 atom stereocenters. The van der Waals surface area contributed by atoms with E-state index in [-0.39, 0.29) is 68.7 Å². The van der Waals surface area contributed by atoms with Crippen LogP contribution in [0.4, 0.5) is 0 Å². The Labute approximate surface area is 489 Å². The van der Waals surface area contributed by atoms with Gasteiger partial charge in [0.15, 0.2) is 0 Å². The van der Waals surface area contributed by atoms with Crippen molar-refractivity contribution in [2.24, 2.45) is 34.5 Å². The van der Waals surface area contributed by atoms with Gasteiger partial charge >= 0.3 is 0 Å². The van der Waals surface area contributed by atoms with Crippen molar-refractivity contribution < 1.29 is 79.2 Å². The van der Waals surface area contributed by atoms with Crippen molar-refractivity contribution >= 4 is 45.6 Å². The van der Waals surface area contributed by atoms with E-state index in [0.717, 1.165) is 46.9 Å². The fraction of sp³-hybridized carbons (Fsp3) is 0.644. The second kappa shape index (κ2) is 53.6. The summed E-state index contributed by atoms with van der Waals surface area (Å²) < 4.78 is 0. The maximum Gasteiger partial charge on any atom is 0.272 e. The summed E-state index contributed by atoms with van der Waals surface area (Å²) in [6, 6.07) is 17.5. The minimum absolute atomic E-state index is 0. The maximum absolute atomic E-state index is 9.31. The van der Waals surface area contributed by atoms with Crippen molar-refractivity contribution in [2.75, 3.05) is 12.3 Å². The molecule has 0 amide bonds. The number of nitrogens with zero attached hydrogens (tertiary/aromatic N) is 3. The second-order valence-corrected chi connectivity index (χ2v) is 22.1. The van der Waals surface area contributed by atoms with Crippen LogP contribution in [0.25, 0.3) is 11.4 Å². The largest absolute Gasteiger partial charge is 0.483 e. The summed E-state index contributed by atoms with van der Waals surface area (Å²) in [5.41, 5.74) is 3.83. The van der Waals surface area contributed by atoms with Gasteiger partial charge in [-0.1, -0.05) is 207 Å². The zero-order valence-electron chi connectivity index (χ0n) is 46.3. The molecule has 3 heterocycles. The molecule has 3 unspecified atom stereocenters. The van der Waals surface area contributed by atoms with Gasteiger partial charge in [0.1, 0.15) is 0 Å². The molecule has 4 aliphatic rings. The van der Waals surface area contributed by atoms with Crippen LogP contribution in [0.15, 0.2) is 73.2 Å². The topological polar surface area (TPSA) is 151 Å². The normalized spacial score (nSPS) is 15.4. The number of hydrogen-bond donors (Lipinski definition) is 3. The second-order valence-electron chi connectivity index (χ2n) is 20.6. The quantitative estimate of drug-likeness (QED) is 0.114. The summed E-state index contributed by atoms with van der Waals surface area (Å²) in [5.74, 6) is 1.98. The molecule has 0 spiro atoms. The first-order chi connectivity index (χ1) is 33.8. The molecule has 15 heteroatoms. The van der Waals surface area contributed by atoms with Gasteiger partial charge < -0.3 is 36.1 Å². The molecule has 7 rings (SSSR count). The number of aliphatic carboxylic acids is 3. The molecule has 0 bridgehead atoms. The van der Waals surface area contributed by atoms with Crippen LogP contribution in [0.5, 0.6) is 0 Å². The van der Waals surface area contributed by atoms with Crippen molar-refractivity contribution in [2.45, 2.75) is 195 Å². The monoisotopic (exact) mass is 1210 g/mol. The van der Waals surface area contributed by atoms with E-state index in [0.29, 0.717) is 10.8 Å². The molecule has 4 aliphatic carbocycles. The number of carbonyl (C=O) groups is 3. The minimum Gasteiger partial charge on any atom is -0.483 e. The molecule has 74 heavy (non-hydrogen) atoms. The Balaban J connectivity index is -0.000000247. The third-order valence-corrected chi connectivity index (χ3v) is 15.3. The Kier molecular flexibility index (Phi) is 59.0. The Morgan fingerprint density at radius 1 is 0.446 bits per heavy atom. The molecular weight excluding hydrogens is 1120 g/mol. The van der Waals surface area contributed by atoms with Gasteiger partial charge in [0.25, 0.3) is 17.9 Å². The number of hydrogen-bond acceptors (Lipinski definition) is 6. The summed E-state index contributed by atoms with van der Waals surface area (Å²) in [6.07, 6.45) is 39.4. The molecular formula is C59H101N3Ni3O6P3-3. The van der Waals surface area contributed by atoms with E-state index in [9.17, 15) is 14.4 Å². The Bertz CT molecular complexity index is 1520. The third-order valence-electron chi connectivity index (χ3n) is 13.5. The van der Waals surface area contributed by atoms with E-state index in [1.165, 1.54) is 89.4 Å². The van der Waals surface area contributed by atoms with Gasteiger partial charge in [-0.3, -0.25) is 29.3 Å². The molecule has 0 aromatic carbocycles. The number of rotatable bonds is 8. The van der Waals surface area contributed by atoms with E-state index in [2.05, 4.69) is 105 Å². The van der Waals surface area contributed by atoms with Crippen molar-refractivity contribution in [3.8, 4) is 11.4 Å². The number of carboxylic acids is 3. The van der Waals surface area contributed by atoms with E-state index >= 15 is 0 Å². The van der Waals surface area contributed by atoms with Crippen molar-refractivity contribution in [3.63, 3.8) is 0 Å². The van der Waals surface area contributed by atoms with Crippen LogP contribution >= 0.6 is 27.7 Å². The maximum atomic E-state index is 9.31. The summed E-state index contributed by atoms with van der Waals surface area (Å²) in [7, 11) is 7.90. The van der Waals surface area contributed by atoms with E-state index < -0.39 is 17.9 Å². The average Bonchev–Trinajstić information content (AvgIpc) is 3.41. The van der Waals surface area contributed by atoms with Crippen LogP contribution in [-0.2, 0) is 70.0 Å². The van der Waals surface area contributed by atoms with Crippen molar-refractivity contribution in [1.29, 1.82) is 0 Å². The fourth-order valence-electron chi connectivity index (χ4n) is 7.97. The van der Waals surface area contributed by atoms with Gasteiger partial charge in [-0.2, -0.15) is 0 Å². The molecule has 0 aliphatic heterocycles. The van der Waals surface area contributed by atoms with Gasteiger partial charge in [0.05, 0.1) is 11.4 Å². The molecule has 3 N–H and O–H groups in total. The van der Waals surface area contributed by atoms with Crippen LogP contribution in [0.2, 0.25) is 0 Å². The fourth-order valence-corrected chi connectivity index (χ4v) is 8.21. The van der Waals surface area contributed by atoms with Gasteiger partial charge in [0.2, 0.25) is 0 Å². The molecule has 3 aromatic heterocycles. The van der Waals surface area contributed by atoms with Crippen LogP contribution in [-0.4, -0.2) is 60.5 Å². The smallest absolute Gasteiger partial charge is 0.272 e. The summed E-state index contributed by atoms with van der Waals surface area (Å²) in [5, 5.41) is 23.0. The van der Waals surface area contributed by atoms with Gasteiger partial charge in [-0.25, -0.2) is 0 Å². The molecule has 3 aromatic rings. The van der Waals surface area contributed by atoms with E-state index in [4.69, 9.17) is 15.3 Å². The van der Waals surface area contributed by atoms with E-state index in [1.807, 2.05) is 54.6 Å². The first-order valence-corrected chi connectivity index (χ1v) is 29.1. The molecule has 0 radical (unpaired) electrons. The molecule has 436 valence electrons. The average molecular weight is 1220 g/mol. The zero-order chi connectivity index (χ0) is 53.8. The zero-order valence-corrected chi connectivity index (χ0v) is 52.8. The Morgan fingerprint density at radius 3 is 0.811 bits per heavy atom. The van der Waals surface area contributed by atoms with E-state index in [1.54, 1.807) is 70.0 Å². The number of aromatic nitrogens is 3. The first-order valence-electron chi connectivity index (χ1n) is 26.7. The Hall–Kier alpha value is -1.37. The molecule has 4 fully saturated rings. The van der Waals surface area contributed by atoms with Crippen LogP contribution in [0.1, 0.15) is 195 Å². The first kappa shape index (κ1) is 81.5. The van der Waals surface area contributed by atoms with Gasteiger partial charge in [-0.15, -0.1) is 27.7 Å². The molecule has 9 nitrogen and oxygen atoms in total. The standard InChI is InChI=1S/2C12H22.C10H8N2.C8H18.C6H8NP.3C3H5O2.C2H8P2.3Ni/c2*1-3-7-11(8-4-1)12-9-5-2-6-10-12;1-3-7-11-9(5-1)10-6-2-4-8-12-10;1-7(2,3)8(4,5)6;8-5-6-3-1-2-4-7-6;3*1-2-3(4)5;3-1-2-4;;;/h2*11-12H,1-10H2;1-8H;1-6H3;1-4H,5,8H2;3*1-2H2,(H,4,5);1-4H2;;;/q;;;;;3*-1;;;;. The predicted octanol–water partition coefficient (Wildman–Crippen LogP) is 16.6. The van der Waals surface area contributed by atoms with Crippen LogP contribution in [0.3, 0.4) is 0 Å². The minimum atomic E-state index is -0.856. The molecule has 0 saturated heterocycles. The summed E-state index contributed by atoms with van der Waals surface area (Å²) >= 11 is 0.